The predicted octanol–water partition coefficient (Wildman–Crippen LogP) is 4.00. The summed E-state index contributed by atoms with van der Waals surface area (Å²) in [5, 5.41) is 25.1. The number of β-lactam (4-membered cyclic amide) rings is 1. The molecule has 3 atom stereocenters. The monoisotopic (exact) mass is 469 g/mol. The zero-order valence-electron chi connectivity index (χ0n) is 18.9. The molecule has 0 radical (unpaired) electrons. The fourth-order valence-electron chi connectivity index (χ4n) is 5.36. The summed E-state index contributed by atoms with van der Waals surface area (Å²) >= 11 is 0. The van der Waals surface area contributed by atoms with Gasteiger partial charge in [-0.25, -0.2) is 9.78 Å². The minimum Gasteiger partial charge on any atom is -0.477 e. The molecule has 6 rings (SSSR count). The second-order valence-corrected chi connectivity index (χ2v) is 9.06. The van der Waals surface area contributed by atoms with Crippen molar-refractivity contribution in [2.75, 3.05) is 5.32 Å². The number of carbonyl (C=O) groups is 2. The minimum absolute atomic E-state index is 0.0230. The quantitative estimate of drug-likeness (QED) is 0.366. The molecule has 0 spiro atoms. The van der Waals surface area contributed by atoms with E-state index in [1.165, 1.54) is 4.90 Å². The number of fused-ring (bicyclic) bond motifs is 4. The number of hydrogen-bond acceptors (Lipinski definition) is 6. The smallest absolute Gasteiger partial charge is 0.352 e. The number of aromatic nitrogens is 1. The van der Waals surface area contributed by atoms with E-state index in [-0.39, 0.29) is 17.6 Å². The molecule has 2 aromatic carbocycles. The molecule has 8 nitrogen and oxygen atoms in total. The summed E-state index contributed by atoms with van der Waals surface area (Å²) in [6.45, 7) is 2.16. The molecule has 4 aromatic rings. The highest BCUT2D eigenvalue weighted by molar-refractivity contribution is 6.12. The average Bonchev–Trinajstić information content (AvgIpc) is 3.39. The van der Waals surface area contributed by atoms with Crippen LogP contribution in [0.2, 0.25) is 0 Å². The van der Waals surface area contributed by atoms with E-state index < -0.39 is 18.0 Å². The Balaban J connectivity index is 1.41. The number of aliphatic hydroxyl groups excluding tert-OH is 1. The molecule has 0 saturated carbocycles. The molecule has 2 aromatic heterocycles. The fraction of sp³-hybridized carbons (Fsp3) is 0.222. The van der Waals surface area contributed by atoms with Crippen LogP contribution in [0.25, 0.3) is 27.5 Å². The number of carbonyl (C=O) groups excluding carboxylic acids is 1. The second-order valence-electron chi connectivity index (χ2n) is 9.06. The van der Waals surface area contributed by atoms with Crippen molar-refractivity contribution >= 4 is 45.2 Å². The van der Waals surface area contributed by atoms with Crippen LogP contribution in [-0.4, -0.2) is 44.1 Å². The van der Waals surface area contributed by atoms with Gasteiger partial charge in [0.15, 0.2) is 0 Å². The SMILES string of the molecule is C[C@@H](O)[C@H]1C(=O)N2C(C(=O)O)=C(c3cccc4c3oc3ccc(CNc5ccccn5)cc34)C[C@H]12. The summed E-state index contributed by atoms with van der Waals surface area (Å²) < 4.78 is 6.22. The highest BCUT2D eigenvalue weighted by Gasteiger charge is 2.57. The first-order chi connectivity index (χ1) is 16.9. The molecule has 3 N–H and O–H groups in total. The maximum Gasteiger partial charge on any atom is 0.352 e. The molecular weight excluding hydrogens is 446 g/mol. The summed E-state index contributed by atoms with van der Waals surface area (Å²) in [7, 11) is 0. The van der Waals surface area contributed by atoms with Crippen LogP contribution in [0.3, 0.4) is 0 Å². The van der Waals surface area contributed by atoms with Gasteiger partial charge in [-0.05, 0) is 48.7 Å². The molecule has 2 aliphatic heterocycles. The number of aliphatic hydroxyl groups is 1. The van der Waals surface area contributed by atoms with Crippen molar-refractivity contribution in [2.24, 2.45) is 5.92 Å². The summed E-state index contributed by atoms with van der Waals surface area (Å²) in [6.07, 6.45) is 1.26. The highest BCUT2D eigenvalue weighted by atomic mass is 16.4. The molecule has 0 aliphatic carbocycles. The molecule has 2 aliphatic rings. The largest absolute Gasteiger partial charge is 0.477 e. The first-order valence-corrected chi connectivity index (χ1v) is 11.5. The molecule has 1 fully saturated rings. The predicted molar refractivity (Wildman–Crippen MR) is 130 cm³/mol. The standard InChI is InChI=1S/C27H23N3O5/c1-14(31)23-20-12-19(24(27(33)34)30(20)26(23)32)17-6-4-5-16-18-11-15(8-9-21(18)35-25(16)17)13-29-22-7-2-3-10-28-22/h2-11,14,20,23,31H,12-13H2,1H3,(H,28,29)(H,33,34)/t14-,20-,23-/m1/s1. The van der Waals surface area contributed by atoms with Crippen LogP contribution >= 0.6 is 0 Å². The summed E-state index contributed by atoms with van der Waals surface area (Å²) in [6, 6.07) is 17.0. The van der Waals surface area contributed by atoms with Crippen LogP contribution in [0.4, 0.5) is 5.82 Å². The zero-order chi connectivity index (χ0) is 24.3. The molecule has 35 heavy (non-hydrogen) atoms. The van der Waals surface area contributed by atoms with E-state index in [0.29, 0.717) is 35.3 Å². The molecular formula is C27H23N3O5. The van der Waals surface area contributed by atoms with Crippen molar-refractivity contribution in [1.29, 1.82) is 0 Å². The van der Waals surface area contributed by atoms with Crippen LogP contribution in [0.1, 0.15) is 24.5 Å². The number of furan rings is 1. The minimum atomic E-state index is -1.16. The van der Waals surface area contributed by atoms with E-state index in [1.807, 2.05) is 48.5 Å². The number of carboxylic acid groups (broad SMARTS) is 1. The third-order valence-corrected chi connectivity index (χ3v) is 6.96. The number of anilines is 1. The van der Waals surface area contributed by atoms with Gasteiger partial charge in [-0.15, -0.1) is 0 Å². The van der Waals surface area contributed by atoms with Gasteiger partial charge >= 0.3 is 5.97 Å². The summed E-state index contributed by atoms with van der Waals surface area (Å²) in [4.78, 5) is 30.4. The number of pyridine rings is 1. The van der Waals surface area contributed by atoms with Crippen LogP contribution in [0.5, 0.6) is 0 Å². The number of aliphatic carboxylic acids is 1. The summed E-state index contributed by atoms with van der Waals surface area (Å²) in [5.41, 5.74) is 3.54. The van der Waals surface area contributed by atoms with E-state index in [2.05, 4.69) is 16.4 Å². The van der Waals surface area contributed by atoms with E-state index in [4.69, 9.17) is 4.42 Å². The Bertz CT molecular complexity index is 1520. The first-order valence-electron chi connectivity index (χ1n) is 11.5. The van der Waals surface area contributed by atoms with E-state index in [1.54, 1.807) is 13.1 Å². The second kappa shape index (κ2) is 7.95. The average molecular weight is 469 g/mol. The Kier molecular flexibility index (Phi) is 4.86. The van der Waals surface area contributed by atoms with Crippen molar-refractivity contribution in [3.8, 4) is 0 Å². The van der Waals surface area contributed by atoms with Crippen molar-refractivity contribution in [1.82, 2.24) is 9.88 Å². The van der Waals surface area contributed by atoms with Gasteiger partial charge in [0.2, 0.25) is 5.91 Å². The normalized spacial score (nSPS) is 20.3. The van der Waals surface area contributed by atoms with Gasteiger partial charge in [-0.3, -0.25) is 4.79 Å². The number of amides is 1. The molecule has 8 heteroatoms. The first kappa shape index (κ1) is 21.4. The number of para-hydroxylation sites is 1. The third kappa shape index (κ3) is 3.29. The van der Waals surface area contributed by atoms with Crippen molar-refractivity contribution in [3.63, 3.8) is 0 Å². The molecule has 4 heterocycles. The number of benzene rings is 2. The van der Waals surface area contributed by atoms with Crippen molar-refractivity contribution in [3.05, 3.63) is 77.6 Å². The van der Waals surface area contributed by atoms with Gasteiger partial charge in [0.25, 0.3) is 0 Å². The van der Waals surface area contributed by atoms with Gasteiger partial charge in [0, 0.05) is 29.1 Å². The van der Waals surface area contributed by atoms with Gasteiger partial charge in [0.05, 0.1) is 18.1 Å². The maximum absolute atomic E-state index is 12.6. The van der Waals surface area contributed by atoms with Gasteiger partial charge < -0.3 is 24.8 Å². The number of nitrogens with zero attached hydrogens (tertiary/aromatic N) is 2. The topological polar surface area (TPSA) is 116 Å². The Morgan fingerprint density at radius 1 is 1.20 bits per heavy atom. The van der Waals surface area contributed by atoms with Gasteiger partial charge in [0.1, 0.15) is 22.7 Å². The Morgan fingerprint density at radius 3 is 2.80 bits per heavy atom. The maximum atomic E-state index is 12.6. The molecule has 176 valence electrons. The molecule has 0 bridgehead atoms. The zero-order valence-corrected chi connectivity index (χ0v) is 18.9. The Morgan fingerprint density at radius 2 is 2.06 bits per heavy atom. The lowest BCUT2D eigenvalue weighted by Crippen LogP contribution is -2.61. The molecule has 1 amide bonds. The highest BCUT2D eigenvalue weighted by Crippen LogP contribution is 2.48. The van der Waals surface area contributed by atoms with Crippen molar-refractivity contribution in [2.45, 2.75) is 32.0 Å². The lowest BCUT2D eigenvalue weighted by Gasteiger charge is -2.44. The van der Waals surface area contributed by atoms with Crippen LogP contribution in [-0.2, 0) is 16.1 Å². The van der Waals surface area contributed by atoms with Crippen LogP contribution in [0.15, 0.2) is 70.9 Å². The number of hydrogen-bond donors (Lipinski definition) is 3. The van der Waals surface area contributed by atoms with E-state index in [9.17, 15) is 19.8 Å². The number of carboxylic acids is 1. The fourth-order valence-corrected chi connectivity index (χ4v) is 5.36. The van der Waals surface area contributed by atoms with Crippen molar-refractivity contribution < 1.29 is 24.2 Å². The third-order valence-electron chi connectivity index (χ3n) is 6.96. The van der Waals surface area contributed by atoms with Crippen LogP contribution < -0.4 is 5.32 Å². The van der Waals surface area contributed by atoms with Crippen LogP contribution in [0, 0.1) is 5.92 Å². The molecule has 0 unspecified atom stereocenters. The molecule has 1 saturated heterocycles. The lowest BCUT2D eigenvalue weighted by atomic mass is 9.82. The number of rotatable bonds is 6. The number of nitrogens with one attached hydrogen (secondary N) is 1. The Hall–Kier alpha value is -4.17. The summed E-state index contributed by atoms with van der Waals surface area (Å²) in [5.74, 6) is -1.31. The van der Waals surface area contributed by atoms with Gasteiger partial charge in [-0.2, -0.15) is 0 Å². The van der Waals surface area contributed by atoms with Gasteiger partial charge in [-0.1, -0.05) is 30.3 Å². The Labute approximate surface area is 200 Å². The van der Waals surface area contributed by atoms with E-state index in [0.717, 1.165) is 22.2 Å². The van der Waals surface area contributed by atoms with E-state index >= 15 is 0 Å². The lowest BCUT2D eigenvalue weighted by molar-refractivity contribution is -0.161.